The van der Waals surface area contributed by atoms with Crippen LogP contribution in [-0.2, 0) is 4.79 Å². The molecule has 0 unspecified atom stereocenters. The Morgan fingerprint density at radius 3 is 2.57 bits per heavy atom. The molecule has 0 spiro atoms. The standard InChI is InChI=1S/C6H6O/c1-2-5-3-4-6(5)7/h2-3H,1,4H2. The van der Waals surface area contributed by atoms with Gasteiger partial charge in [-0.15, -0.1) is 0 Å². The van der Waals surface area contributed by atoms with Crippen LogP contribution in [0.4, 0.5) is 0 Å². The molecule has 0 aliphatic heterocycles. The third-order valence-electron chi connectivity index (χ3n) is 1.05. The monoisotopic (exact) mass is 94.0 g/mol. The summed E-state index contributed by atoms with van der Waals surface area (Å²) in [6.45, 7) is 3.44. The summed E-state index contributed by atoms with van der Waals surface area (Å²) in [4.78, 5) is 10.3. The van der Waals surface area contributed by atoms with E-state index in [2.05, 4.69) is 6.58 Å². The maximum absolute atomic E-state index is 10.3. The molecule has 1 aliphatic carbocycles. The second-order valence-electron chi connectivity index (χ2n) is 1.49. The van der Waals surface area contributed by atoms with Gasteiger partial charge in [-0.3, -0.25) is 4.79 Å². The number of rotatable bonds is 1. The molecule has 0 atom stereocenters. The van der Waals surface area contributed by atoms with Gasteiger partial charge in [-0.2, -0.15) is 0 Å². The van der Waals surface area contributed by atoms with Crippen molar-refractivity contribution in [1.29, 1.82) is 0 Å². The van der Waals surface area contributed by atoms with E-state index < -0.39 is 0 Å². The summed E-state index contributed by atoms with van der Waals surface area (Å²) < 4.78 is 0. The van der Waals surface area contributed by atoms with E-state index in [0.29, 0.717) is 6.42 Å². The van der Waals surface area contributed by atoms with Crippen LogP contribution in [-0.4, -0.2) is 5.78 Å². The Morgan fingerprint density at radius 2 is 2.57 bits per heavy atom. The maximum atomic E-state index is 10.3. The molecular weight excluding hydrogens is 88.1 g/mol. The van der Waals surface area contributed by atoms with Gasteiger partial charge in [-0.25, -0.2) is 0 Å². The third-order valence-corrected chi connectivity index (χ3v) is 1.05. The van der Waals surface area contributed by atoms with E-state index >= 15 is 0 Å². The number of allylic oxidation sites excluding steroid dienone is 3. The topological polar surface area (TPSA) is 17.1 Å². The minimum atomic E-state index is 0.218. The highest BCUT2D eigenvalue weighted by atomic mass is 16.1. The second-order valence-corrected chi connectivity index (χ2v) is 1.49. The summed E-state index contributed by atoms with van der Waals surface area (Å²) in [5.74, 6) is 0.218. The first kappa shape index (κ1) is 4.31. The summed E-state index contributed by atoms with van der Waals surface area (Å²) in [7, 11) is 0. The van der Waals surface area contributed by atoms with E-state index in [1.165, 1.54) is 0 Å². The number of carbonyl (C=O) groups excluding carboxylic acids is 1. The molecular formula is C6H6O. The SMILES string of the molecule is C=CC1=CCC1=O. The van der Waals surface area contributed by atoms with E-state index in [1.807, 2.05) is 6.08 Å². The molecule has 1 rings (SSSR count). The molecule has 1 aliphatic rings. The fourth-order valence-corrected chi connectivity index (χ4v) is 0.500. The molecule has 0 fully saturated rings. The molecule has 0 aromatic rings. The van der Waals surface area contributed by atoms with Crippen molar-refractivity contribution >= 4 is 5.78 Å². The van der Waals surface area contributed by atoms with Crippen LogP contribution >= 0.6 is 0 Å². The smallest absolute Gasteiger partial charge is 0.166 e. The van der Waals surface area contributed by atoms with Gasteiger partial charge < -0.3 is 0 Å². The van der Waals surface area contributed by atoms with Gasteiger partial charge in [0.1, 0.15) is 0 Å². The normalized spacial score (nSPS) is 17.7. The molecule has 0 bridgehead atoms. The predicted octanol–water partition coefficient (Wildman–Crippen LogP) is 1.07. The molecule has 1 nitrogen and oxygen atoms in total. The Morgan fingerprint density at radius 1 is 1.86 bits per heavy atom. The van der Waals surface area contributed by atoms with Gasteiger partial charge in [0.15, 0.2) is 5.78 Å². The Hall–Kier alpha value is -0.850. The zero-order valence-corrected chi connectivity index (χ0v) is 3.98. The van der Waals surface area contributed by atoms with Crippen molar-refractivity contribution in [3.8, 4) is 0 Å². The van der Waals surface area contributed by atoms with Crippen molar-refractivity contribution in [3.05, 3.63) is 24.3 Å². The second kappa shape index (κ2) is 1.34. The summed E-state index contributed by atoms with van der Waals surface area (Å²) >= 11 is 0. The summed E-state index contributed by atoms with van der Waals surface area (Å²) in [5.41, 5.74) is 0.778. The molecule has 0 radical (unpaired) electrons. The average Bonchev–Trinajstić information content (AvgIpc) is 1.65. The molecule has 7 heavy (non-hydrogen) atoms. The summed E-state index contributed by atoms with van der Waals surface area (Å²) in [5, 5.41) is 0. The van der Waals surface area contributed by atoms with Crippen molar-refractivity contribution in [2.45, 2.75) is 6.42 Å². The lowest BCUT2D eigenvalue weighted by molar-refractivity contribution is -0.115. The minimum Gasteiger partial charge on any atom is -0.294 e. The van der Waals surface area contributed by atoms with Crippen LogP contribution in [0.5, 0.6) is 0 Å². The Kier molecular flexibility index (Phi) is 0.823. The lowest BCUT2D eigenvalue weighted by atomic mass is 9.98. The third kappa shape index (κ3) is 0.496. The number of Topliss-reactive ketones (excluding diaryl/α,β-unsaturated/α-hetero) is 1. The van der Waals surface area contributed by atoms with Crippen LogP contribution in [0, 0.1) is 0 Å². The highest BCUT2D eigenvalue weighted by Crippen LogP contribution is 2.12. The highest BCUT2D eigenvalue weighted by Gasteiger charge is 2.11. The highest BCUT2D eigenvalue weighted by molar-refractivity contribution is 6.04. The molecule has 36 valence electrons. The average molecular weight is 94.1 g/mol. The van der Waals surface area contributed by atoms with Gasteiger partial charge in [0.05, 0.1) is 0 Å². The molecule has 1 heteroatoms. The van der Waals surface area contributed by atoms with Gasteiger partial charge in [-0.1, -0.05) is 18.7 Å². The molecule has 0 aromatic heterocycles. The van der Waals surface area contributed by atoms with Gasteiger partial charge in [-0.05, 0) is 0 Å². The molecule has 0 N–H and O–H groups in total. The van der Waals surface area contributed by atoms with Crippen LogP contribution in [0.25, 0.3) is 0 Å². The first-order chi connectivity index (χ1) is 3.34. The largest absolute Gasteiger partial charge is 0.294 e. The van der Waals surface area contributed by atoms with Crippen molar-refractivity contribution in [3.63, 3.8) is 0 Å². The van der Waals surface area contributed by atoms with Gasteiger partial charge in [0, 0.05) is 12.0 Å². The summed E-state index contributed by atoms with van der Waals surface area (Å²) in [6.07, 6.45) is 4.07. The fourth-order valence-electron chi connectivity index (χ4n) is 0.500. The molecule has 0 amide bonds. The molecule has 0 aromatic carbocycles. The fraction of sp³-hybridized carbons (Fsp3) is 0.167. The van der Waals surface area contributed by atoms with E-state index in [1.54, 1.807) is 6.08 Å². The number of ketones is 1. The van der Waals surface area contributed by atoms with Gasteiger partial charge in [0.25, 0.3) is 0 Å². The lowest BCUT2D eigenvalue weighted by Crippen LogP contribution is -2.07. The lowest BCUT2D eigenvalue weighted by Gasteiger charge is -2.05. The van der Waals surface area contributed by atoms with Crippen LogP contribution < -0.4 is 0 Å². The van der Waals surface area contributed by atoms with Gasteiger partial charge in [0.2, 0.25) is 0 Å². The first-order valence-corrected chi connectivity index (χ1v) is 2.20. The quantitative estimate of drug-likeness (QED) is 0.475. The predicted molar refractivity (Wildman–Crippen MR) is 27.9 cm³/mol. The summed E-state index contributed by atoms with van der Waals surface area (Å²) in [6, 6.07) is 0. The maximum Gasteiger partial charge on any atom is 0.166 e. The van der Waals surface area contributed by atoms with Crippen molar-refractivity contribution < 1.29 is 4.79 Å². The zero-order valence-electron chi connectivity index (χ0n) is 3.98. The molecule has 0 saturated carbocycles. The van der Waals surface area contributed by atoms with Crippen LogP contribution in [0.3, 0.4) is 0 Å². The van der Waals surface area contributed by atoms with Gasteiger partial charge >= 0.3 is 0 Å². The zero-order chi connectivity index (χ0) is 5.28. The van der Waals surface area contributed by atoms with Crippen molar-refractivity contribution in [1.82, 2.24) is 0 Å². The van der Waals surface area contributed by atoms with E-state index in [9.17, 15) is 4.79 Å². The van der Waals surface area contributed by atoms with Crippen LogP contribution in [0.2, 0.25) is 0 Å². The molecule has 0 heterocycles. The number of hydrogen-bond donors (Lipinski definition) is 0. The van der Waals surface area contributed by atoms with E-state index in [4.69, 9.17) is 0 Å². The van der Waals surface area contributed by atoms with E-state index in [0.717, 1.165) is 5.57 Å². The number of hydrogen-bond acceptors (Lipinski definition) is 1. The van der Waals surface area contributed by atoms with E-state index in [-0.39, 0.29) is 5.78 Å². The van der Waals surface area contributed by atoms with Crippen molar-refractivity contribution in [2.75, 3.05) is 0 Å². The van der Waals surface area contributed by atoms with Crippen LogP contribution in [0.1, 0.15) is 6.42 Å². The number of carbonyl (C=O) groups is 1. The Balaban J connectivity index is 2.74. The molecule has 0 saturated heterocycles. The van der Waals surface area contributed by atoms with Crippen molar-refractivity contribution in [2.24, 2.45) is 0 Å². The minimum absolute atomic E-state index is 0.218. The Labute approximate surface area is 42.3 Å². The first-order valence-electron chi connectivity index (χ1n) is 2.20. The van der Waals surface area contributed by atoms with Crippen LogP contribution in [0.15, 0.2) is 24.3 Å². The Bertz CT molecular complexity index is 142.